The van der Waals surface area contributed by atoms with Crippen molar-refractivity contribution in [2.45, 2.75) is 43.6 Å². The molecule has 1 atom stereocenters. The Hall–Kier alpha value is -2.66. The number of benzene rings is 2. The van der Waals surface area contributed by atoms with Gasteiger partial charge in [-0.05, 0) is 56.0 Å². The molecule has 1 fully saturated rings. The van der Waals surface area contributed by atoms with Gasteiger partial charge in [0.25, 0.3) is 0 Å². The quantitative estimate of drug-likeness (QED) is 0.796. The largest absolute Gasteiger partial charge is 0.353 e. The van der Waals surface area contributed by atoms with Crippen LogP contribution in [0.3, 0.4) is 0 Å². The van der Waals surface area contributed by atoms with E-state index < -0.39 is 5.41 Å². The van der Waals surface area contributed by atoms with Crippen molar-refractivity contribution >= 4 is 17.5 Å². The molecule has 2 aromatic rings. The number of para-hydroxylation sites is 1. The van der Waals surface area contributed by atoms with Crippen molar-refractivity contribution in [3.63, 3.8) is 0 Å². The lowest BCUT2D eigenvalue weighted by atomic mass is 9.73. The van der Waals surface area contributed by atoms with Crippen molar-refractivity contribution in [1.82, 2.24) is 10.6 Å². The highest BCUT2D eigenvalue weighted by atomic mass is 16.2. The summed E-state index contributed by atoms with van der Waals surface area (Å²) in [5.41, 5.74) is 2.40. The van der Waals surface area contributed by atoms with Gasteiger partial charge < -0.3 is 15.5 Å². The van der Waals surface area contributed by atoms with Crippen LogP contribution in [0.25, 0.3) is 0 Å². The first-order valence-electron chi connectivity index (χ1n) is 10.5. The number of piperidine rings is 1. The lowest BCUT2D eigenvalue weighted by molar-refractivity contribution is -0.125. The van der Waals surface area contributed by atoms with Crippen LogP contribution in [0.15, 0.2) is 54.6 Å². The van der Waals surface area contributed by atoms with E-state index in [2.05, 4.69) is 22.8 Å². The van der Waals surface area contributed by atoms with Crippen LogP contribution in [0, 0.1) is 0 Å². The molecule has 2 aliphatic rings. The second-order valence-electron chi connectivity index (χ2n) is 8.22. The first-order chi connectivity index (χ1) is 14.1. The van der Waals surface area contributed by atoms with E-state index in [0.717, 1.165) is 42.7 Å². The first kappa shape index (κ1) is 19.6. The molecule has 0 spiro atoms. The van der Waals surface area contributed by atoms with E-state index in [1.165, 1.54) is 0 Å². The molecule has 0 radical (unpaired) electrons. The molecule has 0 unspecified atom stereocenters. The van der Waals surface area contributed by atoms with Crippen LogP contribution in [0.1, 0.15) is 36.8 Å². The van der Waals surface area contributed by atoms with Crippen LogP contribution in [0.5, 0.6) is 0 Å². The van der Waals surface area contributed by atoms with E-state index in [-0.39, 0.29) is 17.9 Å². The zero-order valence-corrected chi connectivity index (χ0v) is 17.0. The van der Waals surface area contributed by atoms with Gasteiger partial charge in [0.15, 0.2) is 0 Å². The Bertz CT molecular complexity index is 877. The van der Waals surface area contributed by atoms with Crippen LogP contribution in [-0.4, -0.2) is 38.0 Å². The van der Waals surface area contributed by atoms with Gasteiger partial charge >= 0.3 is 0 Å². The molecule has 1 saturated heterocycles. The summed E-state index contributed by atoms with van der Waals surface area (Å²) < 4.78 is 0. The molecule has 29 heavy (non-hydrogen) atoms. The number of hydrogen-bond acceptors (Lipinski definition) is 3. The van der Waals surface area contributed by atoms with Crippen molar-refractivity contribution in [2.24, 2.45) is 0 Å². The second kappa shape index (κ2) is 8.37. The average Bonchev–Trinajstić information content (AvgIpc) is 2.96. The van der Waals surface area contributed by atoms with E-state index in [1.807, 2.05) is 49.5 Å². The minimum Gasteiger partial charge on any atom is -0.353 e. The first-order valence-corrected chi connectivity index (χ1v) is 10.5. The number of fused-ring (bicyclic) bond motifs is 1. The molecule has 5 nitrogen and oxygen atoms in total. The Labute approximate surface area is 172 Å². The maximum Gasteiger partial charge on any atom is 0.237 e. The fourth-order valence-corrected chi connectivity index (χ4v) is 4.75. The van der Waals surface area contributed by atoms with Crippen molar-refractivity contribution < 1.29 is 9.59 Å². The monoisotopic (exact) mass is 391 g/mol. The van der Waals surface area contributed by atoms with Crippen LogP contribution in [0.4, 0.5) is 5.69 Å². The number of anilines is 1. The smallest absolute Gasteiger partial charge is 0.237 e. The number of likely N-dealkylation sites (N-methyl/N-ethyl adjacent to an activating group) is 1. The molecular weight excluding hydrogens is 362 g/mol. The highest BCUT2D eigenvalue weighted by Gasteiger charge is 2.49. The van der Waals surface area contributed by atoms with Gasteiger partial charge in [0.1, 0.15) is 0 Å². The fraction of sp³-hybridized carbons (Fsp3) is 0.417. The van der Waals surface area contributed by atoms with E-state index in [1.54, 1.807) is 4.90 Å². The van der Waals surface area contributed by atoms with Gasteiger partial charge in [-0.25, -0.2) is 0 Å². The van der Waals surface area contributed by atoms with Crippen LogP contribution in [-0.2, 0) is 21.4 Å². The number of rotatable bonds is 6. The van der Waals surface area contributed by atoms with Crippen LogP contribution < -0.4 is 15.5 Å². The summed E-state index contributed by atoms with van der Waals surface area (Å²) in [5, 5.41) is 6.49. The van der Waals surface area contributed by atoms with Gasteiger partial charge in [-0.15, -0.1) is 0 Å². The predicted molar refractivity (Wildman–Crippen MR) is 115 cm³/mol. The highest BCUT2D eigenvalue weighted by molar-refractivity contribution is 6.08. The highest BCUT2D eigenvalue weighted by Crippen LogP contribution is 2.46. The average molecular weight is 392 g/mol. The molecule has 0 bridgehead atoms. The fourth-order valence-electron chi connectivity index (χ4n) is 4.75. The van der Waals surface area contributed by atoms with Crippen molar-refractivity contribution in [3.8, 4) is 0 Å². The third-order valence-electron chi connectivity index (χ3n) is 6.33. The molecule has 2 aromatic carbocycles. The summed E-state index contributed by atoms with van der Waals surface area (Å²) in [6.07, 6.45) is 3.40. The maximum atomic E-state index is 13.5. The zero-order valence-electron chi connectivity index (χ0n) is 17.0. The summed E-state index contributed by atoms with van der Waals surface area (Å²) in [4.78, 5) is 27.9. The molecule has 4 rings (SSSR count). The summed E-state index contributed by atoms with van der Waals surface area (Å²) in [6.45, 7) is 1.89. The van der Waals surface area contributed by atoms with E-state index >= 15 is 0 Å². The molecular formula is C24H29N3O2. The van der Waals surface area contributed by atoms with E-state index in [9.17, 15) is 9.59 Å². The molecule has 5 heteroatoms. The number of amides is 2. The third-order valence-corrected chi connectivity index (χ3v) is 6.33. The number of hydrogen-bond donors (Lipinski definition) is 2. The number of nitrogens with one attached hydrogen (secondary N) is 2. The molecule has 2 N–H and O–H groups in total. The Morgan fingerprint density at radius 3 is 2.55 bits per heavy atom. The second-order valence-corrected chi connectivity index (χ2v) is 8.22. The SMILES string of the molecule is CN1C(=O)[C@](CCC(=O)NC2CCNCC2)(Cc2ccccc2)c2ccccc21. The van der Waals surface area contributed by atoms with Gasteiger partial charge in [-0.2, -0.15) is 0 Å². The Balaban J connectivity index is 1.58. The van der Waals surface area contributed by atoms with Crippen molar-refractivity contribution in [3.05, 3.63) is 65.7 Å². The van der Waals surface area contributed by atoms with Gasteiger partial charge in [-0.1, -0.05) is 48.5 Å². The van der Waals surface area contributed by atoms with Crippen molar-refractivity contribution in [1.29, 1.82) is 0 Å². The topological polar surface area (TPSA) is 61.4 Å². The Kier molecular flexibility index (Phi) is 5.67. The minimum absolute atomic E-state index is 0.0455. The summed E-state index contributed by atoms with van der Waals surface area (Å²) in [7, 11) is 1.84. The number of carbonyl (C=O) groups is 2. The summed E-state index contributed by atoms with van der Waals surface area (Å²) in [5.74, 6) is 0.126. The minimum atomic E-state index is -0.696. The molecule has 0 aromatic heterocycles. The normalized spacial score (nSPS) is 21.8. The van der Waals surface area contributed by atoms with Gasteiger partial charge in [0.05, 0.1) is 5.41 Å². The Morgan fingerprint density at radius 1 is 1.10 bits per heavy atom. The molecule has 2 heterocycles. The summed E-state index contributed by atoms with van der Waals surface area (Å²) >= 11 is 0. The van der Waals surface area contributed by atoms with Crippen molar-refractivity contribution in [2.75, 3.05) is 25.0 Å². The molecule has 2 aliphatic heterocycles. The lowest BCUT2D eigenvalue weighted by Gasteiger charge is -2.29. The van der Waals surface area contributed by atoms with Gasteiger partial charge in [-0.3, -0.25) is 9.59 Å². The zero-order chi connectivity index (χ0) is 20.3. The third kappa shape index (κ3) is 3.92. The van der Waals surface area contributed by atoms with Crippen LogP contribution >= 0.6 is 0 Å². The molecule has 152 valence electrons. The Morgan fingerprint density at radius 2 is 1.79 bits per heavy atom. The standard InChI is InChI=1S/C24H29N3O2/c1-27-21-10-6-5-9-20(21)24(23(27)29,17-18-7-3-2-4-8-18)14-11-22(28)26-19-12-15-25-16-13-19/h2-10,19,25H,11-17H2,1H3,(H,26,28)/t24-/m1/s1. The van der Waals surface area contributed by atoms with Gasteiger partial charge in [0.2, 0.25) is 11.8 Å². The number of nitrogens with zero attached hydrogens (tertiary/aromatic N) is 1. The summed E-state index contributed by atoms with van der Waals surface area (Å²) in [6, 6.07) is 18.3. The predicted octanol–water partition coefficient (Wildman–Crippen LogP) is 2.79. The van der Waals surface area contributed by atoms with E-state index in [4.69, 9.17) is 0 Å². The van der Waals surface area contributed by atoms with Gasteiger partial charge in [0, 0.05) is 25.2 Å². The lowest BCUT2D eigenvalue weighted by Crippen LogP contribution is -2.44. The molecule has 0 aliphatic carbocycles. The van der Waals surface area contributed by atoms with E-state index in [0.29, 0.717) is 19.3 Å². The molecule has 2 amide bonds. The maximum absolute atomic E-state index is 13.5. The van der Waals surface area contributed by atoms with Crippen LogP contribution in [0.2, 0.25) is 0 Å². The molecule has 0 saturated carbocycles. The number of carbonyl (C=O) groups excluding carboxylic acids is 2.